The fourth-order valence-electron chi connectivity index (χ4n) is 0.572. The predicted octanol–water partition coefficient (Wildman–Crippen LogP) is -0.561. The third-order valence-electron chi connectivity index (χ3n) is 0.813. The molecule has 0 atom stereocenters. The summed E-state index contributed by atoms with van der Waals surface area (Å²) in [6, 6.07) is 0. The zero-order chi connectivity index (χ0) is 11.7. The van der Waals surface area contributed by atoms with Gasteiger partial charge in [-0.1, -0.05) is 13.8 Å². The largest absolute Gasteiger partial charge is 2.00 e. The van der Waals surface area contributed by atoms with Crippen LogP contribution in [0, 0.1) is 0 Å². The van der Waals surface area contributed by atoms with E-state index in [4.69, 9.17) is 0 Å². The van der Waals surface area contributed by atoms with Crippen LogP contribution in [0.1, 0.15) is 27.7 Å². The number of hydrogen-bond donors (Lipinski definition) is 0. The second kappa shape index (κ2) is 17.4. The van der Waals surface area contributed by atoms with E-state index in [0.717, 1.165) is 12.2 Å². The molecule has 0 aliphatic carbocycles. The Morgan fingerprint density at radius 1 is 0.765 bits per heavy atom. The normalized spacial score (nSPS) is 9.41. The van der Waals surface area contributed by atoms with Gasteiger partial charge in [0.05, 0.1) is 0 Å². The van der Waals surface area contributed by atoms with Crippen molar-refractivity contribution in [2.24, 2.45) is 0 Å². The Hall–Kier alpha value is -0.972. The van der Waals surface area contributed by atoms with Crippen LogP contribution in [0.2, 0.25) is 0 Å². The molecule has 0 aliphatic rings. The number of carbonyl (C=O) groups is 2. The van der Waals surface area contributed by atoms with E-state index in [0.29, 0.717) is 0 Å². The van der Waals surface area contributed by atoms with E-state index in [1.165, 1.54) is 27.7 Å². The van der Waals surface area contributed by atoms with Gasteiger partial charge in [0.15, 0.2) is 11.6 Å². The molecule has 0 aromatic heterocycles. The summed E-state index contributed by atoms with van der Waals surface area (Å²) in [4.78, 5) is 20.0. The van der Waals surface area contributed by atoms with Crippen molar-refractivity contribution >= 4 is 11.6 Å². The Labute approximate surface area is 115 Å². The van der Waals surface area contributed by atoms with Gasteiger partial charge in [-0.25, -0.2) is 0 Å². The van der Waals surface area contributed by atoms with Gasteiger partial charge < -0.3 is 21.2 Å². The van der Waals surface area contributed by atoms with Crippen LogP contribution < -0.4 is 10.2 Å². The van der Waals surface area contributed by atoms with Gasteiger partial charge in [0.25, 0.3) is 0 Å². The van der Waals surface area contributed by atoms with Crippen LogP contribution in [0.25, 0.3) is 0 Å². The molecule has 6 nitrogen and oxygen atoms in total. The monoisotopic (exact) mass is 328 g/mol. The molecule has 0 unspecified atom stereocenters. The molecule has 0 aliphatic heterocycles. The van der Waals surface area contributed by atoms with E-state index in [1.54, 1.807) is 0 Å². The fourth-order valence-corrected chi connectivity index (χ4v) is 0.572. The fraction of sp³-hybridized carbons (Fsp3) is 0.400. The first kappa shape index (κ1) is 29.8. The van der Waals surface area contributed by atoms with Crippen molar-refractivity contribution in [2.75, 3.05) is 0 Å². The van der Waals surface area contributed by atoms with Crippen LogP contribution in [0.15, 0.2) is 23.7 Å². The van der Waals surface area contributed by atoms with Crippen LogP contribution in [0.3, 0.4) is 0 Å². The van der Waals surface area contributed by atoms with E-state index in [2.05, 4.69) is 0 Å². The Kier molecular flexibility index (Phi) is 30.5. The van der Waals surface area contributed by atoms with Gasteiger partial charge >= 0.3 is 0 Å². The Morgan fingerprint density at radius 2 is 0.941 bits per heavy atom. The summed E-state index contributed by atoms with van der Waals surface area (Å²) >= 11 is 0. The van der Waals surface area contributed by atoms with Crippen LogP contribution >= 0.6 is 0 Å². The molecule has 7 heteroatoms. The van der Waals surface area contributed by atoms with Crippen molar-refractivity contribution < 1.29 is 51.8 Å². The van der Waals surface area contributed by atoms with E-state index < -0.39 is 0 Å². The summed E-state index contributed by atoms with van der Waals surface area (Å²) in [5.41, 5.74) is 0. The second-order valence-corrected chi connectivity index (χ2v) is 2.73. The quantitative estimate of drug-likeness (QED) is 0.381. The summed E-state index contributed by atoms with van der Waals surface area (Å²) in [5.74, 6) is -0.750. The first-order chi connectivity index (χ1) is 6.25. The number of carbonyl (C=O) groups excluding carboxylic acids is 2. The predicted molar refractivity (Wildman–Crippen MR) is 50.2 cm³/mol. The molecule has 0 N–H and O–H groups in total. The number of allylic oxidation sites excluding steroid dienone is 4. The van der Waals surface area contributed by atoms with Gasteiger partial charge in [0.2, 0.25) is 0 Å². The molecular weight excluding hydrogens is 312 g/mol. The maximum absolute atomic E-state index is 9.98. The van der Waals surface area contributed by atoms with Crippen molar-refractivity contribution in [3.8, 4) is 0 Å². The molecule has 0 fully saturated rings. The van der Waals surface area contributed by atoms with Gasteiger partial charge in [-0.15, -0.1) is 11.5 Å². The third kappa shape index (κ3) is 51.6. The first-order valence-electron chi connectivity index (χ1n) is 3.97. The average molecular weight is 326 g/mol. The van der Waals surface area contributed by atoms with Crippen molar-refractivity contribution in [3.63, 3.8) is 0 Å². The topological polar surface area (TPSA) is 137 Å². The molecule has 0 radical (unpaired) electrons. The molecule has 0 aromatic carbocycles. The van der Waals surface area contributed by atoms with Crippen molar-refractivity contribution in [3.05, 3.63) is 23.7 Å². The smallest absolute Gasteiger partial charge is 0.151 e. The number of rotatable bonds is 2. The summed E-state index contributed by atoms with van der Waals surface area (Å²) in [6.07, 6.45) is 2.11. The van der Waals surface area contributed by atoms with E-state index in [9.17, 15) is 19.8 Å². The zero-order valence-corrected chi connectivity index (χ0v) is 12.0. The Balaban J connectivity index is -0.0000000480. The van der Waals surface area contributed by atoms with Crippen molar-refractivity contribution in [1.29, 1.82) is 0 Å². The zero-order valence-electron chi connectivity index (χ0n) is 10.0. The van der Waals surface area contributed by atoms with Crippen LogP contribution in [-0.2, 0) is 41.6 Å². The van der Waals surface area contributed by atoms with Crippen molar-refractivity contribution in [2.45, 2.75) is 27.7 Å². The maximum atomic E-state index is 9.98. The molecule has 0 amide bonds. The Morgan fingerprint density at radius 3 is 0.941 bits per heavy atom. The molecule has 0 heterocycles. The Bertz CT molecular complexity index is 234. The van der Waals surface area contributed by atoms with Crippen LogP contribution in [0.5, 0.6) is 0 Å². The standard InChI is InChI=1S/2C5H8O2.Mo.2O/c2*1-4(6)3-5(2)7;;;/h2*3,6H,1-2H3;;;/q;;;2*-2/p-2. The van der Waals surface area contributed by atoms with Gasteiger partial charge in [0, 0.05) is 21.1 Å². The van der Waals surface area contributed by atoms with Gasteiger partial charge in [-0.2, -0.15) is 0 Å². The molecule has 0 bridgehead atoms. The average Bonchev–Trinajstić information content (AvgIpc) is 1.79. The van der Waals surface area contributed by atoms with Gasteiger partial charge in [0.1, 0.15) is 0 Å². The SMILES string of the molecule is CC(=O)C=C(C)[O-].CC(=O)C=C(C)[O-].[Mo].[O-2].[O-2]. The summed E-state index contributed by atoms with van der Waals surface area (Å²) in [5, 5.41) is 20.0. The van der Waals surface area contributed by atoms with E-state index in [-0.39, 0.29) is 55.1 Å². The second-order valence-electron chi connectivity index (χ2n) is 2.73. The van der Waals surface area contributed by atoms with Crippen LogP contribution in [0.4, 0.5) is 0 Å². The maximum Gasteiger partial charge on any atom is 0.151 e. The first-order valence-corrected chi connectivity index (χ1v) is 3.97. The van der Waals surface area contributed by atoms with E-state index >= 15 is 0 Å². The molecule has 0 saturated carbocycles. The minimum absolute atomic E-state index is 0. The molecular formula is C10H14MoO6-6. The third-order valence-corrected chi connectivity index (χ3v) is 0.813. The number of hydrogen-bond acceptors (Lipinski definition) is 4. The summed E-state index contributed by atoms with van der Waals surface area (Å²) in [6.45, 7) is 5.39. The number of ketones is 2. The molecule has 102 valence electrons. The van der Waals surface area contributed by atoms with Gasteiger partial charge in [-0.3, -0.25) is 9.59 Å². The summed E-state index contributed by atoms with van der Waals surface area (Å²) in [7, 11) is 0. The van der Waals surface area contributed by atoms with E-state index in [1.807, 2.05) is 0 Å². The minimum atomic E-state index is -0.187. The summed E-state index contributed by atoms with van der Waals surface area (Å²) < 4.78 is 0. The van der Waals surface area contributed by atoms with Gasteiger partial charge in [-0.05, 0) is 26.0 Å². The molecule has 0 saturated heterocycles. The molecule has 0 rings (SSSR count). The molecule has 0 spiro atoms. The molecule has 17 heavy (non-hydrogen) atoms. The molecule has 0 aromatic rings. The minimum Gasteiger partial charge on any atom is -2.00 e. The van der Waals surface area contributed by atoms with Crippen LogP contribution in [-0.4, -0.2) is 11.6 Å². The van der Waals surface area contributed by atoms with Crippen molar-refractivity contribution in [1.82, 2.24) is 0 Å².